The van der Waals surface area contributed by atoms with Crippen LogP contribution in [0.5, 0.6) is 0 Å². The van der Waals surface area contributed by atoms with Gasteiger partial charge in [0.1, 0.15) is 17.2 Å². The summed E-state index contributed by atoms with van der Waals surface area (Å²) in [6.07, 6.45) is 0. The van der Waals surface area contributed by atoms with Crippen molar-refractivity contribution in [1.29, 1.82) is 0 Å². The summed E-state index contributed by atoms with van der Waals surface area (Å²) in [5, 5.41) is 4.33. The van der Waals surface area contributed by atoms with Crippen molar-refractivity contribution in [2.24, 2.45) is 7.05 Å². The Morgan fingerprint density at radius 2 is 2.05 bits per heavy atom. The predicted octanol–water partition coefficient (Wildman–Crippen LogP) is 3.25. The molecule has 6 heteroatoms. The van der Waals surface area contributed by atoms with E-state index in [1.165, 1.54) is 6.07 Å². The quantitative estimate of drug-likeness (QED) is 0.680. The Bertz CT molecular complexity index is 803. The summed E-state index contributed by atoms with van der Waals surface area (Å²) < 4.78 is 17.7. The molecule has 0 aliphatic heterocycles. The molecule has 2 aromatic heterocycles. The van der Waals surface area contributed by atoms with Crippen molar-refractivity contribution in [3.63, 3.8) is 0 Å². The van der Waals surface area contributed by atoms with Crippen molar-refractivity contribution in [2.75, 3.05) is 0 Å². The van der Waals surface area contributed by atoms with Gasteiger partial charge in [-0.1, -0.05) is 6.07 Å². The van der Waals surface area contributed by atoms with E-state index in [4.69, 9.17) is 11.6 Å². The van der Waals surface area contributed by atoms with Crippen LogP contribution in [0.1, 0.15) is 17.1 Å². The fourth-order valence-corrected chi connectivity index (χ4v) is 2.63. The van der Waals surface area contributed by atoms with Gasteiger partial charge in [0.15, 0.2) is 5.65 Å². The van der Waals surface area contributed by atoms with Crippen molar-refractivity contribution < 1.29 is 4.39 Å². The van der Waals surface area contributed by atoms with Crippen LogP contribution in [0.25, 0.3) is 16.9 Å². The summed E-state index contributed by atoms with van der Waals surface area (Å²) in [5.74, 6) is 0.525. The third-order valence-electron chi connectivity index (χ3n) is 3.34. The summed E-state index contributed by atoms with van der Waals surface area (Å²) in [6.45, 7) is 3.73. The Kier molecular flexibility index (Phi) is 3.01. The van der Waals surface area contributed by atoms with Gasteiger partial charge in [-0.15, -0.1) is 11.6 Å². The maximum Gasteiger partial charge on any atom is 0.163 e. The molecule has 0 atom stereocenters. The van der Waals surface area contributed by atoms with Gasteiger partial charge in [-0.3, -0.25) is 4.57 Å². The van der Waals surface area contributed by atoms with Gasteiger partial charge in [-0.05, 0) is 31.5 Å². The summed E-state index contributed by atoms with van der Waals surface area (Å²) in [5.41, 5.74) is 3.62. The maximum absolute atomic E-state index is 14.3. The van der Waals surface area contributed by atoms with E-state index in [0.29, 0.717) is 11.5 Å². The molecule has 0 radical (unpaired) electrons. The first kappa shape index (κ1) is 13.1. The lowest BCUT2D eigenvalue weighted by Gasteiger charge is -2.10. The standard InChI is InChI=1S/C14H14ClFN4/c1-8-4-5-11(10(16)6-8)20-12(7-15)17-13-9(2)18-19(3)14(13)20/h4-6H,7H2,1-3H3. The molecule has 0 bridgehead atoms. The fraction of sp³-hybridized carbons (Fsp3) is 0.286. The van der Waals surface area contributed by atoms with Gasteiger partial charge in [0.25, 0.3) is 0 Å². The van der Waals surface area contributed by atoms with E-state index in [0.717, 1.165) is 22.4 Å². The van der Waals surface area contributed by atoms with Gasteiger partial charge >= 0.3 is 0 Å². The lowest BCUT2D eigenvalue weighted by Crippen LogP contribution is -2.06. The molecule has 0 unspecified atom stereocenters. The van der Waals surface area contributed by atoms with Crippen LogP contribution in [-0.4, -0.2) is 19.3 Å². The highest BCUT2D eigenvalue weighted by molar-refractivity contribution is 6.17. The molecule has 0 aliphatic rings. The van der Waals surface area contributed by atoms with E-state index in [1.807, 2.05) is 27.0 Å². The number of nitrogens with zero attached hydrogens (tertiary/aromatic N) is 4. The van der Waals surface area contributed by atoms with Crippen molar-refractivity contribution in [3.05, 3.63) is 41.1 Å². The van der Waals surface area contributed by atoms with E-state index in [-0.39, 0.29) is 11.7 Å². The molecule has 0 saturated heterocycles. The fourth-order valence-electron chi connectivity index (χ4n) is 2.45. The zero-order valence-corrected chi connectivity index (χ0v) is 12.2. The lowest BCUT2D eigenvalue weighted by atomic mass is 10.2. The minimum Gasteiger partial charge on any atom is -0.277 e. The largest absolute Gasteiger partial charge is 0.277 e. The molecule has 0 saturated carbocycles. The van der Waals surface area contributed by atoms with Crippen LogP contribution in [-0.2, 0) is 12.9 Å². The first-order valence-corrected chi connectivity index (χ1v) is 6.79. The van der Waals surface area contributed by atoms with Crippen LogP contribution in [0.2, 0.25) is 0 Å². The normalized spacial score (nSPS) is 11.4. The monoisotopic (exact) mass is 292 g/mol. The molecule has 0 N–H and O–H groups in total. The molecule has 2 heterocycles. The molecular weight excluding hydrogens is 279 g/mol. The number of alkyl halides is 1. The zero-order valence-electron chi connectivity index (χ0n) is 11.5. The van der Waals surface area contributed by atoms with E-state index < -0.39 is 0 Å². The van der Waals surface area contributed by atoms with Crippen molar-refractivity contribution >= 4 is 22.8 Å². The van der Waals surface area contributed by atoms with Crippen molar-refractivity contribution in [1.82, 2.24) is 19.3 Å². The Labute approximate surface area is 120 Å². The molecule has 0 spiro atoms. The number of imidazole rings is 1. The molecule has 20 heavy (non-hydrogen) atoms. The SMILES string of the molecule is Cc1ccc(-n2c(CCl)nc3c(C)nn(C)c32)c(F)c1. The highest BCUT2D eigenvalue weighted by Crippen LogP contribution is 2.26. The highest BCUT2D eigenvalue weighted by atomic mass is 35.5. The van der Waals surface area contributed by atoms with E-state index in [9.17, 15) is 4.39 Å². The van der Waals surface area contributed by atoms with Crippen LogP contribution in [0.4, 0.5) is 4.39 Å². The lowest BCUT2D eigenvalue weighted by molar-refractivity contribution is 0.614. The number of aromatic nitrogens is 4. The molecule has 0 amide bonds. The van der Waals surface area contributed by atoms with Gasteiger partial charge in [0, 0.05) is 7.05 Å². The summed E-state index contributed by atoms with van der Waals surface area (Å²) in [4.78, 5) is 4.47. The Balaban J connectivity index is 2.39. The van der Waals surface area contributed by atoms with Crippen molar-refractivity contribution in [2.45, 2.75) is 19.7 Å². The Morgan fingerprint density at radius 3 is 2.70 bits per heavy atom. The second-order valence-corrected chi connectivity index (χ2v) is 5.10. The number of halogens is 2. The molecule has 0 aliphatic carbocycles. The number of aryl methyl sites for hydroxylation is 3. The molecule has 104 valence electrons. The maximum atomic E-state index is 14.3. The van der Waals surface area contributed by atoms with Gasteiger partial charge in [-0.25, -0.2) is 14.1 Å². The first-order valence-electron chi connectivity index (χ1n) is 6.26. The molecule has 4 nitrogen and oxygen atoms in total. The third-order valence-corrected chi connectivity index (χ3v) is 3.57. The first-order chi connectivity index (χ1) is 9.52. The van der Waals surface area contributed by atoms with E-state index in [2.05, 4.69) is 10.1 Å². The third kappa shape index (κ3) is 1.81. The van der Waals surface area contributed by atoms with Gasteiger partial charge in [0.05, 0.1) is 17.3 Å². The number of benzene rings is 1. The van der Waals surface area contributed by atoms with Crippen LogP contribution >= 0.6 is 11.6 Å². The molecule has 0 fully saturated rings. The summed E-state index contributed by atoms with van der Waals surface area (Å²) in [6, 6.07) is 5.11. The predicted molar refractivity (Wildman–Crippen MR) is 76.8 cm³/mol. The minimum atomic E-state index is -0.297. The number of hydrogen-bond donors (Lipinski definition) is 0. The smallest absolute Gasteiger partial charge is 0.163 e. The molecular formula is C14H14ClFN4. The van der Waals surface area contributed by atoms with E-state index in [1.54, 1.807) is 15.3 Å². The zero-order chi connectivity index (χ0) is 14.4. The molecule has 1 aromatic carbocycles. The number of fused-ring (bicyclic) bond motifs is 1. The molecule has 3 aromatic rings. The minimum absolute atomic E-state index is 0.210. The van der Waals surface area contributed by atoms with Crippen LogP contribution in [0, 0.1) is 19.7 Å². The average Bonchev–Trinajstić information content (AvgIpc) is 2.89. The second-order valence-electron chi connectivity index (χ2n) is 4.83. The van der Waals surface area contributed by atoms with Crippen LogP contribution < -0.4 is 0 Å². The van der Waals surface area contributed by atoms with Gasteiger partial charge < -0.3 is 0 Å². The number of rotatable bonds is 2. The number of hydrogen-bond acceptors (Lipinski definition) is 2. The summed E-state index contributed by atoms with van der Waals surface area (Å²) >= 11 is 5.96. The van der Waals surface area contributed by atoms with E-state index >= 15 is 0 Å². The van der Waals surface area contributed by atoms with Crippen LogP contribution in [0.3, 0.4) is 0 Å². The van der Waals surface area contributed by atoms with Crippen molar-refractivity contribution in [3.8, 4) is 5.69 Å². The molecule has 3 rings (SSSR count). The van der Waals surface area contributed by atoms with Crippen LogP contribution in [0.15, 0.2) is 18.2 Å². The highest BCUT2D eigenvalue weighted by Gasteiger charge is 2.19. The summed E-state index contributed by atoms with van der Waals surface area (Å²) in [7, 11) is 1.82. The second kappa shape index (κ2) is 4.59. The Hall–Kier alpha value is -1.88. The topological polar surface area (TPSA) is 35.6 Å². The average molecular weight is 293 g/mol. The Morgan fingerprint density at radius 1 is 1.30 bits per heavy atom. The van der Waals surface area contributed by atoms with Gasteiger partial charge in [-0.2, -0.15) is 5.10 Å². The van der Waals surface area contributed by atoms with Gasteiger partial charge in [0.2, 0.25) is 0 Å².